The molecule has 0 saturated heterocycles. The molecule has 7 nitrogen and oxygen atoms in total. The zero-order valence-corrected chi connectivity index (χ0v) is 16.8. The maximum atomic E-state index is 13.0. The fourth-order valence-electron chi connectivity index (χ4n) is 3.27. The van der Waals surface area contributed by atoms with Crippen LogP contribution in [0.4, 0.5) is 0 Å². The third-order valence-electron chi connectivity index (χ3n) is 4.37. The van der Waals surface area contributed by atoms with Gasteiger partial charge < -0.3 is 20.3 Å². The van der Waals surface area contributed by atoms with Crippen LogP contribution in [0.5, 0.6) is 0 Å². The van der Waals surface area contributed by atoms with Crippen LogP contribution >= 0.6 is 11.6 Å². The molecule has 0 fully saturated rings. The molecule has 0 saturated carbocycles. The first-order valence-corrected chi connectivity index (χ1v) is 8.94. The lowest BCUT2D eigenvalue weighted by molar-refractivity contribution is -0.157. The first-order chi connectivity index (χ1) is 12.9. The van der Waals surface area contributed by atoms with Gasteiger partial charge in [-0.15, -0.1) is 0 Å². The van der Waals surface area contributed by atoms with E-state index in [1.165, 1.54) is 13.8 Å². The summed E-state index contributed by atoms with van der Waals surface area (Å²) in [6.45, 7) is 6.20. The van der Waals surface area contributed by atoms with Crippen molar-refractivity contribution >= 4 is 29.5 Å². The standard InChI is InChI=1S/C20H22ClNO6/c1-10-15(18(25)26)17(12-7-5-6-8-13(12)21)16(11(2)22-10)19(27)28-20(3,4)9-14(23)24/h5-8,17,22H,9H2,1-4H3,(H,23,24)(H,25,26). The fourth-order valence-corrected chi connectivity index (χ4v) is 3.52. The van der Waals surface area contributed by atoms with Gasteiger partial charge >= 0.3 is 17.9 Å². The number of halogens is 1. The fraction of sp³-hybridized carbons (Fsp3) is 0.350. The summed E-state index contributed by atoms with van der Waals surface area (Å²) in [5.41, 5.74) is 0.0294. The number of ether oxygens (including phenoxy) is 1. The summed E-state index contributed by atoms with van der Waals surface area (Å²) < 4.78 is 5.44. The second-order valence-electron chi connectivity index (χ2n) is 7.18. The number of aliphatic carboxylic acids is 2. The number of carboxylic acid groups (broad SMARTS) is 2. The van der Waals surface area contributed by atoms with Crippen LogP contribution in [0.2, 0.25) is 5.02 Å². The smallest absolute Gasteiger partial charge is 0.337 e. The summed E-state index contributed by atoms with van der Waals surface area (Å²) in [4.78, 5) is 36.0. The molecule has 1 heterocycles. The molecule has 1 aromatic carbocycles. The van der Waals surface area contributed by atoms with E-state index in [-0.39, 0.29) is 11.1 Å². The average molecular weight is 408 g/mol. The lowest BCUT2D eigenvalue weighted by Crippen LogP contribution is -2.36. The molecule has 0 bridgehead atoms. The maximum absolute atomic E-state index is 13.0. The minimum Gasteiger partial charge on any atom is -0.481 e. The number of rotatable bonds is 6. The molecule has 0 amide bonds. The molecule has 0 aliphatic carbocycles. The van der Waals surface area contributed by atoms with E-state index in [1.54, 1.807) is 38.1 Å². The molecule has 150 valence electrons. The van der Waals surface area contributed by atoms with Gasteiger partial charge in [-0.1, -0.05) is 29.8 Å². The van der Waals surface area contributed by atoms with Gasteiger partial charge in [-0.05, 0) is 39.3 Å². The van der Waals surface area contributed by atoms with Crippen molar-refractivity contribution in [2.75, 3.05) is 0 Å². The highest BCUT2D eigenvalue weighted by Gasteiger charge is 2.40. The molecular weight excluding hydrogens is 386 g/mol. The van der Waals surface area contributed by atoms with E-state index in [2.05, 4.69) is 5.32 Å². The van der Waals surface area contributed by atoms with Crippen LogP contribution in [0.25, 0.3) is 0 Å². The summed E-state index contributed by atoms with van der Waals surface area (Å²) >= 11 is 6.31. The van der Waals surface area contributed by atoms with Gasteiger partial charge in [0.1, 0.15) is 5.60 Å². The Morgan fingerprint density at radius 1 is 1.11 bits per heavy atom. The molecule has 1 atom stereocenters. The lowest BCUT2D eigenvalue weighted by Gasteiger charge is -2.32. The molecule has 1 aliphatic rings. The van der Waals surface area contributed by atoms with Crippen LogP contribution in [0.1, 0.15) is 45.6 Å². The van der Waals surface area contributed by atoms with E-state index in [4.69, 9.17) is 21.4 Å². The third-order valence-corrected chi connectivity index (χ3v) is 4.72. The van der Waals surface area contributed by atoms with Crippen molar-refractivity contribution in [3.05, 3.63) is 57.4 Å². The Kier molecular flexibility index (Phi) is 6.19. The molecule has 1 unspecified atom stereocenters. The zero-order chi connectivity index (χ0) is 21.2. The minimum absolute atomic E-state index is 0.0262. The molecule has 0 spiro atoms. The summed E-state index contributed by atoms with van der Waals surface area (Å²) in [7, 11) is 0. The second-order valence-corrected chi connectivity index (χ2v) is 7.59. The van der Waals surface area contributed by atoms with E-state index in [0.717, 1.165) is 0 Å². The Morgan fingerprint density at radius 3 is 2.21 bits per heavy atom. The SMILES string of the molecule is CC1=C(C(=O)O)C(c2ccccc2Cl)C(C(=O)OC(C)(C)CC(=O)O)=C(C)N1. The molecule has 8 heteroatoms. The van der Waals surface area contributed by atoms with Crippen molar-refractivity contribution in [1.29, 1.82) is 0 Å². The number of allylic oxidation sites excluding steroid dienone is 2. The third kappa shape index (κ3) is 4.54. The highest BCUT2D eigenvalue weighted by molar-refractivity contribution is 6.31. The molecule has 0 radical (unpaired) electrons. The lowest BCUT2D eigenvalue weighted by atomic mass is 9.80. The van der Waals surface area contributed by atoms with Crippen LogP contribution < -0.4 is 5.32 Å². The Labute approximate surface area is 167 Å². The monoisotopic (exact) mass is 407 g/mol. The molecule has 1 aromatic rings. The largest absolute Gasteiger partial charge is 0.481 e. The Balaban J connectivity index is 2.58. The van der Waals surface area contributed by atoms with Crippen molar-refractivity contribution in [2.24, 2.45) is 0 Å². The van der Waals surface area contributed by atoms with E-state index < -0.39 is 35.8 Å². The van der Waals surface area contributed by atoms with Crippen LogP contribution in [0, 0.1) is 0 Å². The molecule has 2 rings (SSSR count). The zero-order valence-electron chi connectivity index (χ0n) is 16.0. The molecule has 3 N–H and O–H groups in total. The normalized spacial score (nSPS) is 17.2. The topological polar surface area (TPSA) is 113 Å². The number of carbonyl (C=O) groups excluding carboxylic acids is 1. The van der Waals surface area contributed by atoms with Gasteiger partial charge in [-0.3, -0.25) is 4.79 Å². The van der Waals surface area contributed by atoms with Gasteiger partial charge in [-0.2, -0.15) is 0 Å². The van der Waals surface area contributed by atoms with Crippen molar-refractivity contribution in [3.8, 4) is 0 Å². The molecule has 28 heavy (non-hydrogen) atoms. The summed E-state index contributed by atoms with van der Waals surface area (Å²) in [6.07, 6.45) is -0.393. The van der Waals surface area contributed by atoms with Gasteiger partial charge in [0.05, 0.1) is 23.5 Å². The van der Waals surface area contributed by atoms with E-state index in [1.807, 2.05) is 0 Å². The van der Waals surface area contributed by atoms with Gasteiger partial charge in [0, 0.05) is 16.4 Å². The van der Waals surface area contributed by atoms with Crippen molar-refractivity contribution < 1.29 is 29.3 Å². The average Bonchev–Trinajstić information content (AvgIpc) is 2.51. The van der Waals surface area contributed by atoms with Crippen molar-refractivity contribution in [1.82, 2.24) is 5.32 Å². The molecule has 1 aliphatic heterocycles. The van der Waals surface area contributed by atoms with Crippen LogP contribution in [0.15, 0.2) is 46.8 Å². The highest BCUT2D eigenvalue weighted by atomic mass is 35.5. The maximum Gasteiger partial charge on any atom is 0.337 e. The molecular formula is C20H22ClNO6. The number of esters is 1. The van der Waals surface area contributed by atoms with Crippen LogP contribution in [-0.4, -0.2) is 33.7 Å². The number of nitrogens with one attached hydrogen (secondary N) is 1. The van der Waals surface area contributed by atoms with Crippen LogP contribution in [-0.2, 0) is 19.1 Å². The number of carbonyl (C=O) groups is 3. The first-order valence-electron chi connectivity index (χ1n) is 8.56. The highest BCUT2D eigenvalue weighted by Crippen LogP contribution is 2.41. The Hall–Kier alpha value is -2.80. The van der Waals surface area contributed by atoms with E-state index in [9.17, 15) is 19.5 Å². The Bertz CT molecular complexity index is 900. The Morgan fingerprint density at radius 2 is 1.68 bits per heavy atom. The number of dihydropyridines is 1. The second kappa shape index (κ2) is 8.06. The van der Waals surface area contributed by atoms with Crippen molar-refractivity contribution in [2.45, 2.75) is 45.6 Å². The van der Waals surface area contributed by atoms with E-state index >= 15 is 0 Å². The van der Waals surface area contributed by atoms with Gasteiger partial charge in [0.15, 0.2) is 0 Å². The number of benzene rings is 1. The van der Waals surface area contributed by atoms with Gasteiger partial charge in [0.2, 0.25) is 0 Å². The van der Waals surface area contributed by atoms with Gasteiger partial charge in [-0.25, -0.2) is 9.59 Å². The predicted octanol–water partition coefficient (Wildman–Crippen LogP) is 3.46. The van der Waals surface area contributed by atoms with E-state index in [0.29, 0.717) is 22.0 Å². The molecule has 0 aromatic heterocycles. The quantitative estimate of drug-likeness (QED) is 0.619. The first kappa shape index (κ1) is 21.5. The van der Waals surface area contributed by atoms with Crippen molar-refractivity contribution in [3.63, 3.8) is 0 Å². The minimum atomic E-state index is -1.28. The number of hydrogen-bond donors (Lipinski definition) is 3. The number of hydrogen-bond acceptors (Lipinski definition) is 5. The summed E-state index contributed by atoms with van der Waals surface area (Å²) in [5.74, 6) is -4.07. The summed E-state index contributed by atoms with van der Waals surface area (Å²) in [6, 6.07) is 6.66. The summed E-state index contributed by atoms with van der Waals surface area (Å²) in [5, 5.41) is 22.0. The predicted molar refractivity (Wildman–Crippen MR) is 103 cm³/mol. The number of carboxylic acids is 2. The van der Waals surface area contributed by atoms with Crippen LogP contribution in [0.3, 0.4) is 0 Å². The van der Waals surface area contributed by atoms with Gasteiger partial charge in [0.25, 0.3) is 0 Å².